The number of pyridine rings is 1. The van der Waals surface area contributed by atoms with E-state index in [2.05, 4.69) is 88.2 Å². The van der Waals surface area contributed by atoms with Crippen LogP contribution in [0.25, 0.3) is 25.6 Å². The van der Waals surface area contributed by atoms with E-state index in [1.54, 1.807) is 16.0 Å². The van der Waals surface area contributed by atoms with Gasteiger partial charge in [-0.15, -0.1) is 10.2 Å². The summed E-state index contributed by atoms with van der Waals surface area (Å²) in [6, 6.07) is 29.3. The van der Waals surface area contributed by atoms with E-state index in [0.717, 1.165) is 64.8 Å². The van der Waals surface area contributed by atoms with Crippen LogP contribution in [0.15, 0.2) is 89.1 Å². The van der Waals surface area contributed by atoms with Crippen LogP contribution in [0, 0.1) is 59.8 Å². The lowest BCUT2D eigenvalue weighted by atomic mass is 9.90. The number of anilines is 5. The van der Waals surface area contributed by atoms with Crippen molar-refractivity contribution < 1.29 is 0 Å². The zero-order valence-corrected chi connectivity index (χ0v) is 40.0. The number of hydrogen-bond donors (Lipinski definition) is 1. The van der Waals surface area contributed by atoms with Gasteiger partial charge in [-0.2, -0.15) is 15.0 Å². The molecule has 0 saturated carbocycles. The molecule has 0 unspecified atom stereocenters. The largest absolute Gasteiger partial charge is 0.338 e. The van der Waals surface area contributed by atoms with E-state index in [1.807, 2.05) is 104 Å². The van der Waals surface area contributed by atoms with E-state index >= 15 is 0 Å². The summed E-state index contributed by atoms with van der Waals surface area (Å²) in [6.07, 6.45) is 0. The van der Waals surface area contributed by atoms with E-state index in [1.165, 1.54) is 22.5 Å². The molecule has 0 aliphatic rings. The molecule has 8 rings (SSSR count). The molecule has 4 aromatic carbocycles. The molecule has 0 bridgehead atoms. The molecule has 0 atom stereocenters. The summed E-state index contributed by atoms with van der Waals surface area (Å²) >= 11 is 3.12. The molecule has 12 heteroatoms. The van der Waals surface area contributed by atoms with Gasteiger partial charge in [-0.05, 0) is 107 Å². The van der Waals surface area contributed by atoms with Crippen molar-refractivity contribution in [3.8, 4) is 11.2 Å². The highest BCUT2D eigenvalue weighted by atomic mass is 32.1. The third kappa shape index (κ3) is 9.01. The van der Waals surface area contributed by atoms with E-state index in [-0.39, 0.29) is 0 Å². The average molecular weight is 861 g/mol. The SMILES string of the molecule is CC.CC.Cc1cc(C)c(Nc2nc(N(c3nc4ccccc4s3)c3c(C)cc(C)cc3C)cc(C)c2N=Nc2c(C#N)c(C(C)(C)C)nn2-c2nc3ccccc3s2)c(C)c1. The Bertz CT molecular complexity index is 2860. The van der Waals surface area contributed by atoms with Crippen molar-refractivity contribution in [2.75, 3.05) is 10.2 Å². The Morgan fingerprint density at radius 3 is 1.77 bits per heavy atom. The van der Waals surface area contributed by atoms with E-state index in [9.17, 15) is 5.26 Å². The smallest absolute Gasteiger partial charge is 0.213 e. The topological polar surface area (TPSA) is 120 Å². The van der Waals surface area contributed by atoms with Crippen LogP contribution in [0.5, 0.6) is 0 Å². The van der Waals surface area contributed by atoms with Gasteiger partial charge in [-0.1, -0.05) is 131 Å². The fourth-order valence-corrected chi connectivity index (χ4v) is 9.47. The normalized spacial score (nSPS) is 11.3. The zero-order valence-electron chi connectivity index (χ0n) is 38.3. The highest BCUT2D eigenvalue weighted by molar-refractivity contribution is 7.22. The fraction of sp³-hybridized carbons (Fsp3) is 0.300. The Hall–Kier alpha value is -6.29. The minimum Gasteiger partial charge on any atom is -0.338 e. The third-order valence-electron chi connectivity index (χ3n) is 10.0. The molecule has 0 fully saturated rings. The summed E-state index contributed by atoms with van der Waals surface area (Å²) in [7, 11) is 0. The molecule has 0 spiro atoms. The van der Waals surface area contributed by atoms with Crippen molar-refractivity contribution >= 4 is 82.8 Å². The quantitative estimate of drug-likeness (QED) is 0.151. The first kappa shape index (κ1) is 45.2. The summed E-state index contributed by atoms with van der Waals surface area (Å²) in [5, 5.41) is 30.5. The molecule has 0 radical (unpaired) electrons. The number of benzene rings is 4. The van der Waals surface area contributed by atoms with Gasteiger partial charge in [0.2, 0.25) is 5.13 Å². The molecule has 0 aliphatic carbocycles. The first-order chi connectivity index (χ1) is 29.7. The van der Waals surface area contributed by atoms with Gasteiger partial charge < -0.3 is 5.32 Å². The fourth-order valence-electron chi connectivity index (χ4n) is 7.57. The van der Waals surface area contributed by atoms with Crippen molar-refractivity contribution in [1.82, 2.24) is 24.7 Å². The van der Waals surface area contributed by atoms with E-state index < -0.39 is 5.41 Å². The van der Waals surface area contributed by atoms with Gasteiger partial charge in [-0.25, -0.2) is 15.0 Å². The number of aromatic nitrogens is 5. The molecule has 0 saturated heterocycles. The number of nitrogens with one attached hydrogen (secondary N) is 1. The van der Waals surface area contributed by atoms with Crippen LogP contribution in [-0.2, 0) is 5.41 Å². The third-order valence-corrected chi connectivity index (χ3v) is 12.1. The maximum absolute atomic E-state index is 10.6. The van der Waals surface area contributed by atoms with Crippen LogP contribution in [-0.4, -0.2) is 24.7 Å². The monoisotopic (exact) mass is 860 g/mol. The number of rotatable bonds is 8. The lowest BCUT2D eigenvalue weighted by Gasteiger charge is -2.27. The lowest BCUT2D eigenvalue weighted by Crippen LogP contribution is -2.15. The molecule has 62 heavy (non-hydrogen) atoms. The van der Waals surface area contributed by atoms with Crippen LogP contribution < -0.4 is 10.2 Å². The minimum atomic E-state index is -0.445. The number of fused-ring (bicyclic) bond motifs is 2. The number of thiazole rings is 2. The summed E-state index contributed by atoms with van der Waals surface area (Å²) in [4.78, 5) is 17.6. The van der Waals surface area contributed by atoms with Gasteiger partial charge >= 0.3 is 0 Å². The van der Waals surface area contributed by atoms with Crippen LogP contribution in [0.2, 0.25) is 0 Å². The van der Waals surface area contributed by atoms with Gasteiger partial charge in [0.1, 0.15) is 23.1 Å². The molecule has 0 aliphatic heterocycles. The van der Waals surface area contributed by atoms with E-state index in [4.69, 9.17) is 30.3 Å². The number of para-hydroxylation sites is 2. The predicted molar refractivity (Wildman–Crippen MR) is 262 cm³/mol. The second-order valence-electron chi connectivity index (χ2n) is 15.9. The second kappa shape index (κ2) is 18.8. The number of azo groups is 1. The summed E-state index contributed by atoms with van der Waals surface area (Å²) in [5.74, 6) is 1.51. The number of nitrogens with zero attached hydrogens (tertiary/aromatic N) is 9. The Morgan fingerprint density at radius 2 is 1.23 bits per heavy atom. The Kier molecular flexibility index (Phi) is 13.7. The zero-order chi connectivity index (χ0) is 45.0. The minimum absolute atomic E-state index is 0.311. The Labute approximate surface area is 374 Å². The summed E-state index contributed by atoms with van der Waals surface area (Å²) in [6.45, 7) is 28.8. The van der Waals surface area contributed by atoms with Crippen LogP contribution in [0.4, 0.5) is 39.6 Å². The summed E-state index contributed by atoms with van der Waals surface area (Å²) < 4.78 is 3.75. The lowest BCUT2D eigenvalue weighted by molar-refractivity contribution is 0.559. The number of aryl methyl sites for hydroxylation is 7. The van der Waals surface area contributed by atoms with Crippen molar-refractivity contribution in [3.63, 3.8) is 0 Å². The van der Waals surface area contributed by atoms with Crippen LogP contribution in [0.3, 0.4) is 0 Å². The Balaban J connectivity index is 0.00000156. The highest BCUT2D eigenvalue weighted by Gasteiger charge is 2.30. The van der Waals surface area contributed by atoms with Gasteiger partial charge in [0.25, 0.3) is 0 Å². The molecule has 8 aromatic rings. The van der Waals surface area contributed by atoms with Gasteiger partial charge in [0.15, 0.2) is 16.8 Å². The average Bonchev–Trinajstić information content (AvgIpc) is 3.96. The van der Waals surface area contributed by atoms with Gasteiger partial charge in [0, 0.05) is 11.1 Å². The molecule has 4 aromatic heterocycles. The number of nitriles is 1. The van der Waals surface area contributed by atoms with Crippen LogP contribution >= 0.6 is 22.7 Å². The van der Waals surface area contributed by atoms with Crippen molar-refractivity contribution in [3.05, 3.63) is 129 Å². The molecule has 1 N–H and O–H groups in total. The summed E-state index contributed by atoms with van der Waals surface area (Å²) in [5.41, 5.74) is 12.4. The molecule has 318 valence electrons. The standard InChI is InChI=1S/C46H44N10S2.2C2H6/c1-25-19-27(3)38(28(4)20-25)51-42-39(52-53-43-32(24-47)41(46(8,9)10)54-56(43)45-49-34-16-12-14-18-36(34)58-45)29(5)23-37(50-42)55(40-30(6)21-26(2)22-31(40)7)44-48-33-15-11-13-17-35(33)57-44;2*1-2/h11-23H,1-10H3,(H,50,51);2*1-2H3. The highest BCUT2D eigenvalue weighted by Crippen LogP contribution is 2.45. The van der Waals surface area contributed by atoms with Crippen molar-refractivity contribution in [2.45, 2.75) is 102 Å². The van der Waals surface area contributed by atoms with Gasteiger partial charge in [0.05, 0.1) is 31.8 Å². The molecule has 0 amide bonds. The molecular formula is C50H56N10S2. The molecule has 10 nitrogen and oxygen atoms in total. The second-order valence-corrected chi connectivity index (χ2v) is 17.9. The van der Waals surface area contributed by atoms with Crippen molar-refractivity contribution in [1.29, 1.82) is 5.26 Å². The van der Waals surface area contributed by atoms with Crippen LogP contribution in [0.1, 0.15) is 98.7 Å². The number of hydrogen-bond acceptors (Lipinski definition) is 11. The molecular weight excluding hydrogens is 805 g/mol. The van der Waals surface area contributed by atoms with Crippen molar-refractivity contribution in [2.24, 2.45) is 10.2 Å². The van der Waals surface area contributed by atoms with Gasteiger partial charge in [-0.3, -0.25) is 4.90 Å². The first-order valence-electron chi connectivity index (χ1n) is 21.1. The van der Waals surface area contributed by atoms with E-state index in [0.29, 0.717) is 39.5 Å². The maximum atomic E-state index is 10.6. The predicted octanol–water partition coefficient (Wildman–Crippen LogP) is 15.5. The first-order valence-corrected chi connectivity index (χ1v) is 22.7. The maximum Gasteiger partial charge on any atom is 0.213 e. The Morgan fingerprint density at radius 1 is 0.677 bits per heavy atom. The molecule has 4 heterocycles.